The number of nitrogens with zero attached hydrogens (tertiary/aromatic N) is 4. The Hall–Kier alpha value is -3.22. The molecule has 1 N–H and O–H groups in total. The van der Waals surface area contributed by atoms with Crippen molar-refractivity contribution < 1.29 is 4.39 Å². The van der Waals surface area contributed by atoms with E-state index in [1.165, 1.54) is 6.07 Å². The highest BCUT2D eigenvalue weighted by Crippen LogP contribution is 2.24. The van der Waals surface area contributed by atoms with Gasteiger partial charge >= 0.3 is 0 Å². The van der Waals surface area contributed by atoms with Crippen molar-refractivity contribution in [3.05, 3.63) is 72.4 Å². The lowest BCUT2D eigenvalue weighted by Gasteiger charge is -2.11. The van der Waals surface area contributed by atoms with Gasteiger partial charge in [-0.3, -0.25) is 4.98 Å². The van der Waals surface area contributed by atoms with E-state index in [0.29, 0.717) is 23.4 Å². The fourth-order valence-corrected chi connectivity index (χ4v) is 2.70. The zero-order valence-electron chi connectivity index (χ0n) is 13.6. The van der Waals surface area contributed by atoms with Crippen LogP contribution in [0, 0.1) is 5.82 Å². The van der Waals surface area contributed by atoms with Crippen LogP contribution in [-0.4, -0.2) is 27.4 Å². The predicted molar refractivity (Wildman–Crippen MR) is 98.1 cm³/mol. The maximum absolute atomic E-state index is 14.2. The van der Waals surface area contributed by atoms with Crippen LogP contribution in [0.1, 0.15) is 5.56 Å². The van der Waals surface area contributed by atoms with Gasteiger partial charge < -0.3 is 5.32 Å². The van der Waals surface area contributed by atoms with Gasteiger partial charge in [0.25, 0.3) is 0 Å². The van der Waals surface area contributed by atoms with Crippen LogP contribution in [0.4, 0.5) is 10.2 Å². The van der Waals surface area contributed by atoms with Gasteiger partial charge in [0.15, 0.2) is 5.65 Å². The molecule has 0 saturated heterocycles. The minimum Gasteiger partial charge on any atom is -0.366 e. The van der Waals surface area contributed by atoms with E-state index < -0.39 is 0 Å². The molecule has 25 heavy (non-hydrogen) atoms. The van der Waals surface area contributed by atoms with Crippen LogP contribution in [0.2, 0.25) is 0 Å². The summed E-state index contributed by atoms with van der Waals surface area (Å²) in [6, 6.07) is 12.3. The SMILES string of the molecule is Bc1cnn2c(NCc3cccnc3)cc(-c3ccccc3F)nc12. The molecule has 0 aliphatic rings. The molecular weight excluding hydrogens is 316 g/mol. The first-order valence-corrected chi connectivity index (χ1v) is 7.95. The largest absolute Gasteiger partial charge is 0.366 e. The summed E-state index contributed by atoms with van der Waals surface area (Å²) < 4.78 is 15.9. The van der Waals surface area contributed by atoms with Gasteiger partial charge in [-0.2, -0.15) is 9.61 Å². The third kappa shape index (κ3) is 2.96. The Labute approximate surface area is 145 Å². The Balaban J connectivity index is 1.78. The van der Waals surface area contributed by atoms with E-state index in [4.69, 9.17) is 0 Å². The zero-order chi connectivity index (χ0) is 17.2. The van der Waals surface area contributed by atoms with Crippen LogP contribution in [-0.2, 0) is 6.54 Å². The van der Waals surface area contributed by atoms with Crippen LogP contribution in [0.5, 0.6) is 0 Å². The van der Waals surface area contributed by atoms with Gasteiger partial charge in [-0.05, 0) is 29.2 Å². The monoisotopic (exact) mass is 331 g/mol. The molecule has 0 aliphatic heterocycles. The van der Waals surface area contributed by atoms with E-state index in [9.17, 15) is 4.39 Å². The predicted octanol–water partition coefficient (Wildman–Crippen LogP) is 1.80. The van der Waals surface area contributed by atoms with Crippen LogP contribution in [0.15, 0.2) is 61.1 Å². The molecule has 122 valence electrons. The molecule has 0 aliphatic carbocycles. The number of aromatic nitrogens is 4. The van der Waals surface area contributed by atoms with E-state index in [0.717, 1.165) is 16.8 Å². The first kappa shape index (κ1) is 15.3. The van der Waals surface area contributed by atoms with Crippen molar-refractivity contribution in [3.63, 3.8) is 0 Å². The Morgan fingerprint density at radius 3 is 2.80 bits per heavy atom. The highest BCUT2D eigenvalue weighted by atomic mass is 19.1. The molecule has 0 unspecified atom stereocenters. The van der Waals surface area contributed by atoms with Crippen LogP contribution in [0.3, 0.4) is 0 Å². The lowest BCUT2D eigenvalue weighted by Crippen LogP contribution is -2.09. The Morgan fingerprint density at radius 1 is 1.12 bits per heavy atom. The smallest absolute Gasteiger partial charge is 0.151 e. The zero-order valence-corrected chi connectivity index (χ0v) is 13.6. The third-order valence-corrected chi connectivity index (χ3v) is 3.99. The normalized spacial score (nSPS) is 10.9. The number of halogens is 1. The summed E-state index contributed by atoms with van der Waals surface area (Å²) in [4.78, 5) is 8.71. The van der Waals surface area contributed by atoms with Gasteiger partial charge in [0.05, 0.1) is 5.69 Å². The van der Waals surface area contributed by atoms with E-state index in [1.807, 2.05) is 26.0 Å². The molecule has 7 heteroatoms. The number of benzene rings is 1. The third-order valence-electron chi connectivity index (χ3n) is 3.99. The fourth-order valence-electron chi connectivity index (χ4n) is 2.70. The summed E-state index contributed by atoms with van der Waals surface area (Å²) in [5, 5.41) is 7.71. The van der Waals surface area contributed by atoms with Crippen molar-refractivity contribution in [2.75, 3.05) is 5.32 Å². The lowest BCUT2D eigenvalue weighted by atomic mass is 10.0. The van der Waals surface area contributed by atoms with Crippen molar-refractivity contribution in [3.8, 4) is 11.3 Å². The molecule has 4 aromatic rings. The van der Waals surface area contributed by atoms with Crippen molar-refractivity contribution >= 4 is 24.8 Å². The van der Waals surface area contributed by atoms with Crippen LogP contribution < -0.4 is 10.8 Å². The molecule has 3 heterocycles. The van der Waals surface area contributed by atoms with Crippen molar-refractivity contribution in [2.24, 2.45) is 0 Å². The highest BCUT2D eigenvalue weighted by molar-refractivity contribution is 6.36. The average molecular weight is 331 g/mol. The molecule has 0 radical (unpaired) electrons. The van der Waals surface area contributed by atoms with Crippen molar-refractivity contribution in [2.45, 2.75) is 6.54 Å². The summed E-state index contributed by atoms with van der Waals surface area (Å²) in [7, 11) is 1.94. The first-order chi connectivity index (χ1) is 12.2. The van der Waals surface area contributed by atoms with Crippen LogP contribution in [0.25, 0.3) is 16.9 Å². The van der Waals surface area contributed by atoms with Gasteiger partial charge in [0.2, 0.25) is 0 Å². The summed E-state index contributed by atoms with van der Waals surface area (Å²) in [5.74, 6) is 0.454. The maximum Gasteiger partial charge on any atom is 0.151 e. The number of hydrogen-bond acceptors (Lipinski definition) is 4. The summed E-state index contributed by atoms with van der Waals surface area (Å²) >= 11 is 0. The molecule has 3 aromatic heterocycles. The highest BCUT2D eigenvalue weighted by Gasteiger charge is 2.13. The maximum atomic E-state index is 14.2. The number of nitrogens with one attached hydrogen (secondary N) is 1. The molecule has 0 atom stereocenters. The number of hydrogen-bond donors (Lipinski definition) is 1. The molecule has 1 aromatic carbocycles. The molecule has 0 amide bonds. The van der Waals surface area contributed by atoms with Gasteiger partial charge in [-0.25, -0.2) is 9.37 Å². The molecule has 0 bridgehead atoms. The Kier molecular flexibility index (Phi) is 3.89. The first-order valence-electron chi connectivity index (χ1n) is 7.95. The second-order valence-corrected chi connectivity index (χ2v) is 5.78. The molecule has 0 fully saturated rings. The van der Waals surface area contributed by atoms with E-state index in [1.54, 1.807) is 41.3 Å². The van der Waals surface area contributed by atoms with Crippen LogP contribution >= 0.6 is 0 Å². The number of anilines is 1. The van der Waals surface area contributed by atoms with Gasteiger partial charge in [0, 0.05) is 36.8 Å². The summed E-state index contributed by atoms with van der Waals surface area (Å²) in [5.41, 5.74) is 3.72. The van der Waals surface area contributed by atoms with Crippen molar-refractivity contribution in [1.29, 1.82) is 0 Å². The molecular formula is C18H15BFN5. The molecule has 5 nitrogen and oxygen atoms in total. The Morgan fingerprint density at radius 2 is 2.00 bits per heavy atom. The molecule has 0 saturated carbocycles. The second-order valence-electron chi connectivity index (χ2n) is 5.78. The number of fused-ring (bicyclic) bond motifs is 1. The topological polar surface area (TPSA) is 55.1 Å². The molecule has 4 rings (SSSR count). The van der Waals surface area contributed by atoms with Gasteiger partial charge in [-0.15, -0.1) is 0 Å². The van der Waals surface area contributed by atoms with E-state index in [2.05, 4.69) is 20.4 Å². The van der Waals surface area contributed by atoms with E-state index in [-0.39, 0.29) is 5.82 Å². The fraction of sp³-hybridized carbons (Fsp3) is 0.0556. The lowest BCUT2D eigenvalue weighted by molar-refractivity contribution is 0.630. The van der Waals surface area contributed by atoms with E-state index >= 15 is 0 Å². The number of rotatable bonds is 4. The average Bonchev–Trinajstić information content (AvgIpc) is 3.02. The molecule has 0 spiro atoms. The quantitative estimate of drug-likeness (QED) is 0.580. The summed E-state index contributed by atoms with van der Waals surface area (Å²) in [6.45, 7) is 0.586. The Bertz CT molecular complexity index is 1030. The van der Waals surface area contributed by atoms with Crippen molar-refractivity contribution in [1.82, 2.24) is 19.6 Å². The van der Waals surface area contributed by atoms with Gasteiger partial charge in [0.1, 0.15) is 19.5 Å². The minimum absolute atomic E-state index is 0.297. The summed E-state index contributed by atoms with van der Waals surface area (Å²) in [6.07, 6.45) is 5.29. The van der Waals surface area contributed by atoms with Gasteiger partial charge in [-0.1, -0.05) is 18.2 Å². The number of pyridine rings is 1. The standard InChI is InChI=1S/C18H15BFN5/c19-14-11-23-25-17(22-10-12-4-3-7-21-9-12)8-16(24-18(14)25)13-5-1-2-6-15(13)20/h1-9,11,22H,10,19H2. The minimum atomic E-state index is -0.297. The second kappa shape index (κ2) is 6.35.